The zero-order chi connectivity index (χ0) is 17.2. The Morgan fingerprint density at radius 1 is 1.30 bits per heavy atom. The average Bonchev–Trinajstić information content (AvgIpc) is 2.74. The van der Waals surface area contributed by atoms with Gasteiger partial charge in [-0.1, -0.05) is 6.58 Å². The molecule has 2 rings (SSSR count). The quantitative estimate of drug-likeness (QED) is 0.426. The Balaban J connectivity index is 1.98. The second-order valence-corrected chi connectivity index (χ2v) is 7.19. The van der Waals surface area contributed by atoms with Crippen molar-refractivity contribution in [2.45, 2.75) is 65.3 Å². The minimum Gasteiger partial charge on any atom is -0.456 e. The zero-order valence-corrected chi connectivity index (χ0v) is 14.6. The molecule has 0 aromatic heterocycles. The van der Waals surface area contributed by atoms with Crippen LogP contribution < -0.4 is 0 Å². The molecule has 2 aliphatic rings. The van der Waals surface area contributed by atoms with Crippen LogP contribution in [0.1, 0.15) is 53.4 Å². The van der Waals surface area contributed by atoms with E-state index in [0.717, 1.165) is 19.3 Å². The second-order valence-electron chi connectivity index (χ2n) is 7.19. The normalized spacial score (nSPS) is 33.8. The lowest BCUT2D eigenvalue weighted by Crippen LogP contribution is -2.39. The summed E-state index contributed by atoms with van der Waals surface area (Å²) in [6.07, 6.45) is 2.80. The molecule has 5 atom stereocenters. The molecule has 5 nitrogen and oxygen atoms in total. The van der Waals surface area contributed by atoms with E-state index in [0.29, 0.717) is 24.5 Å². The molecule has 0 saturated heterocycles. The van der Waals surface area contributed by atoms with Gasteiger partial charge < -0.3 is 14.2 Å². The Kier molecular flexibility index (Phi) is 5.50. The number of fused-ring (bicyclic) bond motifs is 2. The Hall–Kier alpha value is -1.36. The fourth-order valence-electron chi connectivity index (χ4n) is 4.08. The molecular weight excluding hydrogens is 296 g/mol. The molecule has 130 valence electrons. The third-order valence-electron chi connectivity index (χ3n) is 4.88. The molecule has 0 heterocycles. The van der Waals surface area contributed by atoms with Crippen LogP contribution in [0, 0.1) is 17.8 Å². The van der Waals surface area contributed by atoms with E-state index in [9.17, 15) is 9.59 Å². The second kappa shape index (κ2) is 7.04. The molecule has 0 radical (unpaired) electrons. The number of rotatable bonds is 6. The summed E-state index contributed by atoms with van der Waals surface area (Å²) in [5, 5.41) is 0. The van der Waals surface area contributed by atoms with E-state index in [4.69, 9.17) is 14.2 Å². The van der Waals surface area contributed by atoms with E-state index >= 15 is 0 Å². The maximum Gasteiger partial charge on any atom is 0.333 e. The van der Waals surface area contributed by atoms with Gasteiger partial charge in [-0.2, -0.15) is 0 Å². The molecule has 23 heavy (non-hydrogen) atoms. The predicted octanol–water partition coefficient (Wildman–Crippen LogP) is 3.23. The molecule has 0 spiro atoms. The molecule has 2 aliphatic carbocycles. The summed E-state index contributed by atoms with van der Waals surface area (Å²) in [6, 6.07) is 0. The van der Waals surface area contributed by atoms with E-state index in [2.05, 4.69) is 6.58 Å². The van der Waals surface area contributed by atoms with Crippen molar-refractivity contribution in [3.05, 3.63) is 12.2 Å². The van der Waals surface area contributed by atoms with Crippen molar-refractivity contribution in [3.8, 4) is 0 Å². The van der Waals surface area contributed by atoms with E-state index in [-0.39, 0.29) is 23.8 Å². The van der Waals surface area contributed by atoms with Gasteiger partial charge in [-0.05, 0) is 65.2 Å². The lowest BCUT2D eigenvalue weighted by atomic mass is 9.77. The number of ether oxygens (including phenoxy) is 3. The topological polar surface area (TPSA) is 61.8 Å². The summed E-state index contributed by atoms with van der Waals surface area (Å²) in [4.78, 5) is 24.2. The van der Waals surface area contributed by atoms with Gasteiger partial charge in [-0.3, -0.25) is 4.79 Å². The molecule has 0 aromatic carbocycles. The first kappa shape index (κ1) is 18.0. The van der Waals surface area contributed by atoms with E-state index in [1.54, 1.807) is 13.8 Å². The van der Waals surface area contributed by atoms with Crippen LogP contribution in [0.4, 0.5) is 0 Å². The zero-order valence-electron chi connectivity index (χ0n) is 14.6. The maximum absolute atomic E-state index is 12.4. The van der Waals surface area contributed by atoms with E-state index in [1.807, 2.05) is 13.8 Å². The monoisotopic (exact) mass is 324 g/mol. The fraction of sp³-hybridized carbons (Fsp3) is 0.778. The van der Waals surface area contributed by atoms with Crippen LogP contribution in [-0.2, 0) is 23.8 Å². The van der Waals surface area contributed by atoms with Gasteiger partial charge in [0.1, 0.15) is 5.60 Å². The van der Waals surface area contributed by atoms with Crippen LogP contribution in [-0.4, -0.2) is 30.4 Å². The van der Waals surface area contributed by atoms with Gasteiger partial charge in [-0.25, -0.2) is 4.79 Å². The first-order chi connectivity index (χ1) is 10.7. The van der Waals surface area contributed by atoms with Gasteiger partial charge in [-0.15, -0.1) is 0 Å². The summed E-state index contributed by atoms with van der Waals surface area (Å²) < 4.78 is 16.3. The predicted molar refractivity (Wildman–Crippen MR) is 85.4 cm³/mol. The van der Waals surface area contributed by atoms with E-state index in [1.165, 1.54) is 0 Å². The van der Waals surface area contributed by atoms with Crippen LogP contribution in [0.3, 0.4) is 0 Å². The highest BCUT2D eigenvalue weighted by Gasteiger charge is 2.50. The largest absolute Gasteiger partial charge is 0.456 e. The third kappa shape index (κ3) is 4.34. The number of esters is 2. The lowest BCUT2D eigenvalue weighted by Gasteiger charge is -2.37. The van der Waals surface area contributed by atoms with Crippen molar-refractivity contribution in [3.63, 3.8) is 0 Å². The number of carbonyl (C=O) groups is 2. The molecule has 2 fully saturated rings. The number of hydrogen-bond donors (Lipinski definition) is 0. The lowest BCUT2D eigenvalue weighted by molar-refractivity contribution is -0.180. The van der Waals surface area contributed by atoms with Crippen molar-refractivity contribution in [1.82, 2.24) is 0 Å². The van der Waals surface area contributed by atoms with Crippen LogP contribution in [0.5, 0.6) is 0 Å². The highest BCUT2D eigenvalue weighted by molar-refractivity contribution is 5.87. The Morgan fingerprint density at radius 2 is 2.00 bits per heavy atom. The van der Waals surface area contributed by atoms with Crippen molar-refractivity contribution in [2.75, 3.05) is 6.61 Å². The highest BCUT2D eigenvalue weighted by Crippen LogP contribution is 2.51. The van der Waals surface area contributed by atoms with Crippen LogP contribution in [0.15, 0.2) is 12.2 Å². The van der Waals surface area contributed by atoms with Gasteiger partial charge >= 0.3 is 11.9 Å². The van der Waals surface area contributed by atoms with Crippen molar-refractivity contribution >= 4 is 11.9 Å². The van der Waals surface area contributed by atoms with Gasteiger partial charge in [0.2, 0.25) is 0 Å². The summed E-state index contributed by atoms with van der Waals surface area (Å²) in [7, 11) is 0. The van der Waals surface area contributed by atoms with Gasteiger partial charge in [0.05, 0.1) is 5.92 Å². The van der Waals surface area contributed by atoms with Crippen molar-refractivity contribution in [2.24, 2.45) is 17.8 Å². The number of carbonyl (C=O) groups excluding carboxylic acids is 2. The fourth-order valence-corrected chi connectivity index (χ4v) is 4.08. The molecule has 2 bridgehead atoms. The number of hydrogen-bond acceptors (Lipinski definition) is 5. The van der Waals surface area contributed by atoms with E-state index < -0.39 is 11.9 Å². The SMILES string of the molecule is C=C(C)C(=O)OC1(C)CC2CC(C1)C(C(=O)OC(C)OCC)C2. The van der Waals surface area contributed by atoms with Crippen LogP contribution >= 0.6 is 0 Å². The van der Waals surface area contributed by atoms with Crippen molar-refractivity contribution in [1.29, 1.82) is 0 Å². The van der Waals surface area contributed by atoms with Gasteiger partial charge in [0.15, 0.2) is 6.29 Å². The molecule has 0 amide bonds. The Morgan fingerprint density at radius 3 is 2.61 bits per heavy atom. The summed E-state index contributed by atoms with van der Waals surface area (Å²) in [5.74, 6) is -0.0466. The molecule has 0 aromatic rings. The first-order valence-corrected chi connectivity index (χ1v) is 8.45. The smallest absolute Gasteiger partial charge is 0.333 e. The first-order valence-electron chi connectivity index (χ1n) is 8.45. The summed E-state index contributed by atoms with van der Waals surface area (Å²) >= 11 is 0. The molecule has 5 heteroatoms. The van der Waals surface area contributed by atoms with Crippen molar-refractivity contribution < 1.29 is 23.8 Å². The standard InChI is InChI=1S/C18H28O5/c1-6-21-12(4)22-17(20)15-8-13-7-14(15)10-18(5,9-13)23-16(19)11(2)3/h12-15H,2,6-10H2,1,3-5H3. The molecule has 0 N–H and O–H groups in total. The Bertz CT molecular complexity index is 486. The maximum atomic E-state index is 12.4. The van der Waals surface area contributed by atoms with Crippen LogP contribution in [0.2, 0.25) is 0 Å². The minimum atomic E-state index is -0.513. The minimum absolute atomic E-state index is 0.117. The summed E-state index contributed by atoms with van der Waals surface area (Å²) in [5.41, 5.74) is -0.102. The van der Waals surface area contributed by atoms with Gasteiger partial charge in [0, 0.05) is 12.2 Å². The third-order valence-corrected chi connectivity index (χ3v) is 4.88. The molecule has 5 unspecified atom stereocenters. The Labute approximate surface area is 138 Å². The molecule has 0 aliphatic heterocycles. The highest BCUT2D eigenvalue weighted by atomic mass is 16.7. The molecular formula is C18H28O5. The van der Waals surface area contributed by atoms with Crippen LogP contribution in [0.25, 0.3) is 0 Å². The van der Waals surface area contributed by atoms with Gasteiger partial charge in [0.25, 0.3) is 0 Å². The average molecular weight is 324 g/mol. The molecule has 2 saturated carbocycles. The summed E-state index contributed by atoms with van der Waals surface area (Å²) in [6.45, 7) is 11.4.